The Kier molecular flexibility index (Phi) is 6.28. The van der Waals surface area contributed by atoms with E-state index >= 15 is 0 Å². The summed E-state index contributed by atoms with van der Waals surface area (Å²) >= 11 is 0. The van der Waals surface area contributed by atoms with Crippen molar-refractivity contribution >= 4 is 38.7 Å². The van der Waals surface area contributed by atoms with Crippen LogP contribution in [0.1, 0.15) is 38.1 Å². The van der Waals surface area contributed by atoms with Crippen LogP contribution in [0.2, 0.25) is 0 Å². The minimum atomic E-state index is -5.89. The molecule has 0 spiro atoms. The average Bonchev–Trinajstić information content (AvgIpc) is 3.45. The second kappa shape index (κ2) is 8.93. The number of benzene rings is 2. The van der Waals surface area contributed by atoms with Gasteiger partial charge >= 0.3 is 27.3 Å². The van der Waals surface area contributed by atoms with Gasteiger partial charge in [-0.25, -0.2) is 4.79 Å². The molecule has 210 valence electrons. The van der Waals surface area contributed by atoms with Gasteiger partial charge in [0.15, 0.2) is 12.2 Å². The van der Waals surface area contributed by atoms with Crippen LogP contribution >= 0.6 is 0 Å². The molecular weight excluding hydrogens is 540 g/mol. The molecule has 0 radical (unpaired) electrons. The number of likely N-dealkylation sites (tertiary alicyclic amines) is 1. The minimum absolute atomic E-state index is 0.250. The molecule has 39 heavy (non-hydrogen) atoms. The zero-order valence-corrected chi connectivity index (χ0v) is 22.2. The number of amides is 1. The molecule has 0 saturated carbocycles. The maximum absolute atomic E-state index is 14.1. The third kappa shape index (κ3) is 4.18. The van der Waals surface area contributed by atoms with E-state index in [4.69, 9.17) is 18.8 Å². The van der Waals surface area contributed by atoms with Crippen LogP contribution < -0.4 is 0 Å². The van der Waals surface area contributed by atoms with Crippen LogP contribution in [-0.4, -0.2) is 77.0 Å². The van der Waals surface area contributed by atoms with Gasteiger partial charge < -0.3 is 19.1 Å². The number of hydrogen-bond acceptors (Lipinski definition) is 8. The lowest BCUT2D eigenvalue weighted by atomic mass is 9.78. The van der Waals surface area contributed by atoms with E-state index in [1.807, 2.05) is 18.2 Å². The van der Waals surface area contributed by atoms with Crippen LogP contribution in [0.25, 0.3) is 10.8 Å². The van der Waals surface area contributed by atoms with Crippen LogP contribution in [0.15, 0.2) is 42.5 Å². The predicted molar refractivity (Wildman–Crippen MR) is 131 cm³/mol. The third-order valence-electron chi connectivity index (χ3n) is 7.58. The first-order chi connectivity index (χ1) is 18.1. The van der Waals surface area contributed by atoms with E-state index in [1.54, 1.807) is 45.0 Å². The van der Waals surface area contributed by atoms with E-state index in [0.29, 0.717) is 12.3 Å². The Bertz CT molecular complexity index is 1470. The second-order valence-corrected chi connectivity index (χ2v) is 12.5. The lowest BCUT2D eigenvalue weighted by Gasteiger charge is -2.38. The van der Waals surface area contributed by atoms with Crippen molar-refractivity contribution in [3.8, 4) is 0 Å². The topological polar surface area (TPSA) is 137 Å². The van der Waals surface area contributed by atoms with Gasteiger partial charge in [0, 0.05) is 5.54 Å². The Morgan fingerprint density at radius 3 is 2.36 bits per heavy atom. The van der Waals surface area contributed by atoms with Gasteiger partial charge in [-0.3, -0.25) is 14.1 Å². The van der Waals surface area contributed by atoms with Gasteiger partial charge in [-0.05, 0) is 44.5 Å². The fourth-order valence-electron chi connectivity index (χ4n) is 5.93. The Balaban J connectivity index is 1.48. The summed E-state index contributed by atoms with van der Waals surface area (Å²) in [6.07, 6.45) is -5.80. The Morgan fingerprint density at radius 2 is 1.72 bits per heavy atom. The number of carbonyl (C=O) groups is 3. The molecule has 2 aromatic carbocycles. The van der Waals surface area contributed by atoms with Crippen molar-refractivity contribution in [3.63, 3.8) is 0 Å². The Morgan fingerprint density at radius 1 is 1.08 bits per heavy atom. The van der Waals surface area contributed by atoms with Crippen molar-refractivity contribution in [1.82, 2.24) is 4.90 Å². The molecule has 10 nitrogen and oxygen atoms in total. The van der Waals surface area contributed by atoms with Crippen molar-refractivity contribution in [1.29, 1.82) is 0 Å². The monoisotopic (exact) mass is 567 g/mol. The number of ether oxygens (including phenoxy) is 3. The molecule has 3 saturated heterocycles. The summed E-state index contributed by atoms with van der Waals surface area (Å²) in [6, 6.07) is 11.5. The zero-order chi connectivity index (χ0) is 28.7. The average molecular weight is 568 g/mol. The quantitative estimate of drug-likeness (QED) is 0.413. The number of halogens is 2. The van der Waals surface area contributed by atoms with E-state index in [0.717, 1.165) is 5.39 Å². The fourth-order valence-corrected chi connectivity index (χ4v) is 6.40. The summed E-state index contributed by atoms with van der Waals surface area (Å²) in [5, 5.41) is -3.38. The van der Waals surface area contributed by atoms with Crippen molar-refractivity contribution in [2.75, 3.05) is 0 Å². The van der Waals surface area contributed by atoms with Gasteiger partial charge in [0.05, 0.1) is 23.6 Å². The predicted octanol–water partition coefficient (Wildman–Crippen LogP) is 2.80. The summed E-state index contributed by atoms with van der Waals surface area (Å²) < 4.78 is 76.0. The van der Waals surface area contributed by atoms with Gasteiger partial charge in [-0.1, -0.05) is 36.4 Å². The minimum Gasteiger partial charge on any atom is -0.455 e. The van der Waals surface area contributed by atoms with Gasteiger partial charge in [-0.2, -0.15) is 17.2 Å². The summed E-state index contributed by atoms with van der Waals surface area (Å²) in [5.41, 5.74) is -0.527. The van der Waals surface area contributed by atoms with Crippen LogP contribution in [0, 0.1) is 11.8 Å². The maximum atomic E-state index is 14.1. The third-order valence-corrected chi connectivity index (χ3v) is 8.60. The first-order valence-corrected chi connectivity index (χ1v) is 13.7. The van der Waals surface area contributed by atoms with Crippen molar-refractivity contribution < 1.29 is 50.3 Å². The molecule has 0 aromatic heterocycles. The molecule has 0 aliphatic carbocycles. The smallest absolute Gasteiger partial charge is 0.405 e. The van der Waals surface area contributed by atoms with E-state index in [-0.39, 0.29) is 5.56 Å². The number of nitrogens with zero attached hydrogens (tertiary/aromatic N) is 1. The van der Waals surface area contributed by atoms with Crippen molar-refractivity contribution in [2.45, 2.75) is 68.9 Å². The summed E-state index contributed by atoms with van der Waals surface area (Å²) in [6.45, 7) is 5.89. The molecule has 3 heterocycles. The number of alkyl halides is 2. The summed E-state index contributed by atoms with van der Waals surface area (Å²) in [7, 11) is -5.89. The highest BCUT2D eigenvalue weighted by Gasteiger charge is 2.74. The summed E-state index contributed by atoms with van der Waals surface area (Å²) in [4.78, 5) is 41.6. The highest BCUT2D eigenvalue weighted by Crippen LogP contribution is 2.54. The molecule has 1 amide bonds. The van der Waals surface area contributed by atoms with E-state index in [1.165, 1.54) is 4.90 Å². The first kappa shape index (κ1) is 27.4. The SMILES string of the molecule is CC(OC(=O)C1C2OC3C1C(=O)N(C(C)(C)C)C3C2OC(=O)c1cccc2ccccc12)C(F)(F)S(=O)(=O)O. The van der Waals surface area contributed by atoms with Gasteiger partial charge in [0.2, 0.25) is 5.91 Å². The van der Waals surface area contributed by atoms with Gasteiger partial charge in [-0.15, -0.1) is 0 Å². The van der Waals surface area contributed by atoms with Crippen LogP contribution in [0.4, 0.5) is 8.78 Å². The van der Waals surface area contributed by atoms with Crippen molar-refractivity contribution in [3.05, 3.63) is 48.0 Å². The standard InChI is InChI=1S/C26H27F2NO9S/c1-12(26(27,28)39(33,34)35)36-24(32)17-16-19-18(29(22(16)30)25(2,3)4)21(20(17)37-19)38-23(31)15-11-7-9-13-8-5-6-10-14(13)15/h5-12,16-21H,1-4H3,(H,33,34,35). The highest BCUT2D eigenvalue weighted by molar-refractivity contribution is 7.86. The largest absolute Gasteiger partial charge is 0.455 e. The second-order valence-electron chi connectivity index (χ2n) is 11.0. The van der Waals surface area contributed by atoms with Gasteiger partial charge in [0.25, 0.3) is 0 Å². The Hall–Kier alpha value is -3.16. The molecule has 5 rings (SSSR count). The zero-order valence-electron chi connectivity index (χ0n) is 21.4. The molecule has 1 N–H and O–H groups in total. The fraction of sp³-hybridized carbons (Fsp3) is 0.500. The number of esters is 2. The molecule has 13 heteroatoms. The lowest BCUT2D eigenvalue weighted by Crippen LogP contribution is -2.55. The molecule has 2 bridgehead atoms. The normalized spacial score (nSPS) is 29.1. The first-order valence-electron chi connectivity index (χ1n) is 12.3. The Labute approximate surface area is 222 Å². The molecule has 3 aliphatic heterocycles. The summed E-state index contributed by atoms with van der Waals surface area (Å²) in [5.74, 6) is -5.10. The molecule has 7 unspecified atom stereocenters. The van der Waals surface area contributed by atoms with E-state index < -0.39 is 81.1 Å². The van der Waals surface area contributed by atoms with E-state index in [9.17, 15) is 31.6 Å². The van der Waals surface area contributed by atoms with Crippen LogP contribution in [0.3, 0.4) is 0 Å². The van der Waals surface area contributed by atoms with Crippen LogP contribution in [-0.2, 0) is 33.9 Å². The molecular formula is C26H27F2NO9S. The van der Waals surface area contributed by atoms with Gasteiger partial charge in [0.1, 0.15) is 12.0 Å². The molecule has 7 atom stereocenters. The van der Waals surface area contributed by atoms with E-state index in [2.05, 4.69) is 0 Å². The number of carbonyl (C=O) groups excluding carboxylic acids is 3. The lowest BCUT2D eigenvalue weighted by molar-refractivity contribution is -0.169. The molecule has 2 aromatic rings. The molecule has 3 fully saturated rings. The van der Waals surface area contributed by atoms with Crippen LogP contribution in [0.5, 0.6) is 0 Å². The molecule has 3 aliphatic rings. The number of rotatable bonds is 6. The number of hydrogen-bond donors (Lipinski definition) is 1. The highest BCUT2D eigenvalue weighted by atomic mass is 32.2. The number of fused-ring (bicyclic) bond motifs is 2. The maximum Gasteiger partial charge on any atom is 0.405 e. The van der Waals surface area contributed by atoms with Crippen molar-refractivity contribution in [2.24, 2.45) is 11.8 Å².